The summed E-state index contributed by atoms with van der Waals surface area (Å²) in [4.78, 5) is 33.0. The fourth-order valence-electron chi connectivity index (χ4n) is 4.69. The predicted molar refractivity (Wildman–Crippen MR) is 121 cm³/mol. The second-order valence-corrected chi connectivity index (χ2v) is 9.70. The zero-order chi connectivity index (χ0) is 22.5. The highest BCUT2D eigenvalue weighted by molar-refractivity contribution is 7.22. The molecule has 1 aliphatic carbocycles. The number of alkyl halides is 2. The number of carbonyl (C=O) groups excluding carboxylic acids is 1. The number of pyridine rings is 1. The number of benzene rings is 1. The predicted octanol–water partition coefficient (Wildman–Crippen LogP) is 3.93. The van der Waals surface area contributed by atoms with Crippen molar-refractivity contribution in [1.29, 1.82) is 0 Å². The molecule has 1 saturated heterocycles. The minimum atomic E-state index is -2.90. The van der Waals surface area contributed by atoms with Crippen LogP contribution in [-0.4, -0.2) is 45.8 Å². The molecule has 2 aromatic heterocycles. The van der Waals surface area contributed by atoms with Crippen LogP contribution in [0.25, 0.3) is 10.2 Å². The van der Waals surface area contributed by atoms with Crippen LogP contribution in [0.4, 0.5) is 13.9 Å². The largest absolute Gasteiger partial charge is 0.329 e. The van der Waals surface area contributed by atoms with Gasteiger partial charge < -0.3 is 10.3 Å². The first-order valence-corrected chi connectivity index (χ1v) is 11.7. The van der Waals surface area contributed by atoms with Crippen molar-refractivity contribution in [1.82, 2.24) is 14.9 Å². The lowest BCUT2D eigenvalue weighted by molar-refractivity contribution is -0.125. The molecule has 6 nitrogen and oxygen atoms in total. The van der Waals surface area contributed by atoms with Gasteiger partial charge in [0, 0.05) is 31.8 Å². The number of rotatable bonds is 4. The smallest absolute Gasteiger partial charge is 0.257 e. The van der Waals surface area contributed by atoms with Gasteiger partial charge in [0.2, 0.25) is 11.5 Å². The molecule has 0 unspecified atom stereocenters. The maximum atomic E-state index is 14.6. The number of aromatic nitrogens is 2. The van der Waals surface area contributed by atoms with Crippen LogP contribution in [0.15, 0.2) is 35.3 Å². The summed E-state index contributed by atoms with van der Waals surface area (Å²) in [7, 11) is 0. The number of hydrogen-bond acceptors (Lipinski definition) is 5. The lowest BCUT2D eigenvalue weighted by atomic mass is 9.87. The Morgan fingerprint density at radius 2 is 2.09 bits per heavy atom. The summed E-state index contributed by atoms with van der Waals surface area (Å²) in [5.74, 6) is -4.26. The van der Waals surface area contributed by atoms with Crippen molar-refractivity contribution in [2.24, 2.45) is 0 Å². The second-order valence-electron chi connectivity index (χ2n) is 8.67. The molecule has 1 aliphatic heterocycles. The second kappa shape index (κ2) is 8.04. The standard InChI is InChI=1S/C23H24F2N4O2S/c1-13(29-8-7-23(24,25)17(12-29)16-5-6-20(30)26-11-16)21(31)28-22-27-18-9-14-3-2-4-15(14)10-19(18)32-22/h5-6,9-11,13,17H,2-4,7-8,12H2,1H3,(H,26,30)(H,27,28,31)/t13-,17-/m0/s1. The molecule has 3 heterocycles. The van der Waals surface area contributed by atoms with Gasteiger partial charge in [0.15, 0.2) is 5.13 Å². The van der Waals surface area contributed by atoms with E-state index >= 15 is 0 Å². The van der Waals surface area contributed by atoms with Gasteiger partial charge in [0.25, 0.3) is 5.92 Å². The number of amides is 1. The normalized spacial score (nSPS) is 21.4. The molecule has 168 valence electrons. The Kier molecular flexibility index (Phi) is 5.33. The van der Waals surface area contributed by atoms with Crippen molar-refractivity contribution >= 4 is 32.6 Å². The number of fused-ring (bicyclic) bond motifs is 2. The number of aryl methyl sites for hydroxylation is 2. The Bertz CT molecular complexity index is 1180. The van der Waals surface area contributed by atoms with Gasteiger partial charge in [0.05, 0.1) is 22.2 Å². The van der Waals surface area contributed by atoms with Crippen LogP contribution in [0.2, 0.25) is 0 Å². The maximum absolute atomic E-state index is 14.6. The average Bonchev–Trinajstić information content (AvgIpc) is 3.37. The van der Waals surface area contributed by atoms with E-state index in [4.69, 9.17) is 0 Å². The highest BCUT2D eigenvalue weighted by Crippen LogP contribution is 2.40. The van der Waals surface area contributed by atoms with E-state index in [2.05, 4.69) is 27.4 Å². The van der Waals surface area contributed by atoms with Crippen LogP contribution in [-0.2, 0) is 17.6 Å². The van der Waals surface area contributed by atoms with E-state index in [-0.39, 0.29) is 31.0 Å². The number of carbonyl (C=O) groups is 1. The molecule has 2 atom stereocenters. The number of H-pyrrole nitrogens is 1. The van der Waals surface area contributed by atoms with Crippen molar-refractivity contribution in [2.75, 3.05) is 18.4 Å². The topological polar surface area (TPSA) is 78.1 Å². The Labute approximate surface area is 187 Å². The fraction of sp³-hybridized carbons (Fsp3) is 0.435. The number of hydrogen-bond donors (Lipinski definition) is 2. The molecule has 3 aromatic rings. The molecule has 32 heavy (non-hydrogen) atoms. The first-order chi connectivity index (χ1) is 15.3. The van der Waals surface area contributed by atoms with Crippen LogP contribution in [0, 0.1) is 0 Å². The van der Waals surface area contributed by atoms with Crippen molar-refractivity contribution < 1.29 is 13.6 Å². The van der Waals surface area contributed by atoms with Crippen LogP contribution in [0.1, 0.15) is 42.4 Å². The average molecular weight is 459 g/mol. The van der Waals surface area contributed by atoms with Gasteiger partial charge in [-0.1, -0.05) is 17.4 Å². The van der Waals surface area contributed by atoms with Gasteiger partial charge in [-0.3, -0.25) is 14.5 Å². The summed E-state index contributed by atoms with van der Waals surface area (Å²) in [6, 6.07) is 6.37. The summed E-state index contributed by atoms with van der Waals surface area (Å²) >= 11 is 1.44. The lowest BCUT2D eigenvalue weighted by Crippen LogP contribution is -2.52. The number of nitrogens with one attached hydrogen (secondary N) is 2. The lowest BCUT2D eigenvalue weighted by Gasteiger charge is -2.40. The van der Waals surface area contributed by atoms with E-state index in [0.29, 0.717) is 10.7 Å². The summed E-state index contributed by atoms with van der Waals surface area (Å²) in [6.07, 6.45) is 4.31. The van der Waals surface area contributed by atoms with Gasteiger partial charge in [-0.05, 0) is 55.0 Å². The van der Waals surface area contributed by atoms with E-state index in [1.54, 1.807) is 11.8 Å². The first-order valence-electron chi connectivity index (χ1n) is 10.8. The van der Waals surface area contributed by atoms with E-state index in [9.17, 15) is 18.4 Å². The summed E-state index contributed by atoms with van der Waals surface area (Å²) < 4.78 is 30.3. The van der Waals surface area contributed by atoms with Gasteiger partial charge >= 0.3 is 0 Å². The monoisotopic (exact) mass is 458 g/mol. The van der Waals surface area contributed by atoms with E-state index in [0.717, 1.165) is 23.1 Å². The Morgan fingerprint density at radius 1 is 1.31 bits per heavy atom. The molecular weight excluding hydrogens is 434 g/mol. The third-order valence-electron chi connectivity index (χ3n) is 6.63. The maximum Gasteiger partial charge on any atom is 0.257 e. The van der Waals surface area contributed by atoms with Crippen LogP contribution >= 0.6 is 11.3 Å². The number of aromatic amines is 1. The number of piperidine rings is 1. The Hall–Kier alpha value is -2.65. The summed E-state index contributed by atoms with van der Waals surface area (Å²) in [5.41, 5.74) is 3.60. The molecule has 0 saturated carbocycles. The molecule has 0 spiro atoms. The number of anilines is 1. The zero-order valence-electron chi connectivity index (χ0n) is 17.7. The molecule has 0 bridgehead atoms. The number of likely N-dealkylation sites (tertiary alicyclic amines) is 1. The molecule has 1 aromatic carbocycles. The Balaban J connectivity index is 1.30. The summed E-state index contributed by atoms with van der Waals surface area (Å²) in [6.45, 7) is 1.87. The van der Waals surface area contributed by atoms with E-state index < -0.39 is 17.9 Å². The van der Waals surface area contributed by atoms with Crippen molar-refractivity contribution in [3.63, 3.8) is 0 Å². The number of thiazole rings is 1. The third-order valence-corrected chi connectivity index (χ3v) is 7.56. The minimum Gasteiger partial charge on any atom is -0.329 e. The highest BCUT2D eigenvalue weighted by Gasteiger charge is 2.46. The van der Waals surface area contributed by atoms with Crippen molar-refractivity contribution in [3.8, 4) is 0 Å². The Morgan fingerprint density at radius 3 is 2.84 bits per heavy atom. The molecule has 1 fully saturated rings. The van der Waals surface area contributed by atoms with Gasteiger partial charge in [-0.25, -0.2) is 13.8 Å². The van der Waals surface area contributed by atoms with Crippen LogP contribution in [0.3, 0.4) is 0 Å². The quantitative estimate of drug-likeness (QED) is 0.621. The van der Waals surface area contributed by atoms with E-state index in [1.165, 1.54) is 47.2 Å². The molecule has 2 aliphatic rings. The third kappa shape index (κ3) is 3.95. The van der Waals surface area contributed by atoms with Crippen molar-refractivity contribution in [2.45, 2.75) is 50.5 Å². The molecule has 0 radical (unpaired) electrons. The molecule has 9 heteroatoms. The summed E-state index contributed by atoms with van der Waals surface area (Å²) in [5, 5.41) is 3.41. The molecule has 2 N–H and O–H groups in total. The van der Waals surface area contributed by atoms with Crippen LogP contribution < -0.4 is 10.9 Å². The number of halogens is 2. The fourth-order valence-corrected chi connectivity index (χ4v) is 5.60. The van der Waals surface area contributed by atoms with Gasteiger partial charge in [0.1, 0.15) is 0 Å². The van der Waals surface area contributed by atoms with Crippen molar-refractivity contribution in [3.05, 3.63) is 57.5 Å². The highest BCUT2D eigenvalue weighted by atomic mass is 32.1. The zero-order valence-corrected chi connectivity index (χ0v) is 18.5. The van der Waals surface area contributed by atoms with E-state index in [1.807, 2.05) is 0 Å². The molecule has 1 amide bonds. The molecule has 5 rings (SSSR count). The minimum absolute atomic E-state index is 0.0280. The number of nitrogens with zero attached hydrogens (tertiary/aromatic N) is 2. The van der Waals surface area contributed by atoms with Crippen LogP contribution in [0.5, 0.6) is 0 Å². The molecular formula is C23H24F2N4O2S. The first kappa shape index (κ1) is 21.2. The van der Waals surface area contributed by atoms with Gasteiger partial charge in [-0.2, -0.15) is 0 Å². The van der Waals surface area contributed by atoms with Gasteiger partial charge in [-0.15, -0.1) is 0 Å². The SMILES string of the molecule is C[C@@H](C(=O)Nc1nc2cc3c(cc2s1)CCC3)N1CCC(F)(F)[C@H](c2ccc(=O)[nH]c2)C1.